The number of unbranched alkanes of at least 4 members (excludes halogenated alkanes) is 3. The van der Waals surface area contributed by atoms with Crippen LogP contribution in [0.3, 0.4) is 0 Å². The van der Waals surface area contributed by atoms with Gasteiger partial charge in [0.25, 0.3) is 0 Å². The summed E-state index contributed by atoms with van der Waals surface area (Å²) in [7, 11) is 2.17. The van der Waals surface area contributed by atoms with E-state index in [-0.39, 0.29) is 0 Å². The molecule has 0 aromatic heterocycles. The van der Waals surface area contributed by atoms with Crippen molar-refractivity contribution in [2.45, 2.75) is 32.6 Å². The molecule has 0 aromatic carbocycles. The second kappa shape index (κ2) is 7.07. The molecule has 0 aliphatic rings. The molecule has 1 heteroatoms. The third kappa shape index (κ3) is 6.09. The molecular formula is C9H20N. The average Bonchev–Trinajstić information content (AvgIpc) is 1.98. The van der Waals surface area contributed by atoms with Crippen LogP contribution in [0.4, 0.5) is 0 Å². The van der Waals surface area contributed by atoms with Crippen LogP contribution in [0.25, 0.3) is 0 Å². The maximum atomic E-state index is 3.81. The van der Waals surface area contributed by atoms with Crippen LogP contribution in [0.15, 0.2) is 0 Å². The topological polar surface area (TPSA) is 3.24 Å². The summed E-state index contributed by atoms with van der Waals surface area (Å²) < 4.78 is 0. The van der Waals surface area contributed by atoms with Crippen molar-refractivity contribution in [2.75, 3.05) is 20.1 Å². The number of hydrogen-bond donors (Lipinski definition) is 0. The monoisotopic (exact) mass is 142 g/mol. The van der Waals surface area contributed by atoms with Gasteiger partial charge < -0.3 is 4.90 Å². The summed E-state index contributed by atoms with van der Waals surface area (Å²) in [5.74, 6) is 0. The molecule has 0 spiro atoms. The van der Waals surface area contributed by atoms with E-state index in [4.69, 9.17) is 0 Å². The molecule has 0 saturated heterocycles. The minimum absolute atomic E-state index is 1.09. The lowest BCUT2D eigenvalue weighted by atomic mass is 10.2. The Morgan fingerprint density at radius 3 is 2.40 bits per heavy atom. The largest absolute Gasteiger partial charge is 0.307 e. The minimum atomic E-state index is 1.09. The fourth-order valence-electron chi connectivity index (χ4n) is 0.893. The van der Waals surface area contributed by atoms with E-state index >= 15 is 0 Å². The average molecular weight is 142 g/mol. The highest BCUT2D eigenvalue weighted by Crippen LogP contribution is 1.99. The van der Waals surface area contributed by atoms with Crippen LogP contribution in [0, 0.1) is 6.92 Å². The molecular weight excluding hydrogens is 122 g/mol. The maximum Gasteiger partial charge on any atom is -0.00219 e. The summed E-state index contributed by atoms with van der Waals surface area (Å²) in [6.07, 6.45) is 5.06. The zero-order chi connectivity index (χ0) is 7.82. The van der Waals surface area contributed by atoms with Gasteiger partial charge in [-0.15, -0.1) is 0 Å². The quantitative estimate of drug-likeness (QED) is 0.514. The second-order valence-corrected chi connectivity index (χ2v) is 2.81. The highest BCUT2D eigenvalue weighted by molar-refractivity contribution is 4.49. The van der Waals surface area contributed by atoms with Crippen LogP contribution >= 0.6 is 0 Å². The van der Waals surface area contributed by atoms with Crippen molar-refractivity contribution in [1.29, 1.82) is 0 Å². The smallest absolute Gasteiger partial charge is 0.00219 e. The molecule has 0 N–H and O–H groups in total. The van der Waals surface area contributed by atoms with Crippen molar-refractivity contribution in [1.82, 2.24) is 4.90 Å². The summed E-state index contributed by atoms with van der Waals surface area (Å²) in [6, 6.07) is 0. The Hall–Kier alpha value is -0.0400. The van der Waals surface area contributed by atoms with E-state index in [2.05, 4.69) is 25.8 Å². The first-order valence-electron chi connectivity index (χ1n) is 4.29. The van der Waals surface area contributed by atoms with Gasteiger partial charge in [-0.2, -0.15) is 0 Å². The van der Waals surface area contributed by atoms with Gasteiger partial charge in [-0.1, -0.05) is 33.1 Å². The Labute approximate surface area is 65.4 Å². The summed E-state index contributed by atoms with van der Waals surface area (Å²) in [4.78, 5) is 2.35. The van der Waals surface area contributed by atoms with Gasteiger partial charge in [0, 0.05) is 0 Å². The Morgan fingerprint density at radius 2 is 1.90 bits per heavy atom. The summed E-state index contributed by atoms with van der Waals surface area (Å²) in [5.41, 5.74) is 0. The Bertz CT molecular complexity index is 61.7. The van der Waals surface area contributed by atoms with Gasteiger partial charge in [0.05, 0.1) is 0 Å². The molecule has 0 fully saturated rings. The summed E-state index contributed by atoms with van der Waals surface area (Å²) >= 11 is 0. The zero-order valence-corrected chi connectivity index (χ0v) is 7.40. The van der Waals surface area contributed by atoms with Gasteiger partial charge in [0.15, 0.2) is 0 Å². The molecule has 0 bridgehead atoms. The Balaban J connectivity index is 2.89. The second-order valence-electron chi connectivity index (χ2n) is 2.81. The first-order chi connectivity index (χ1) is 4.81. The third-order valence-corrected chi connectivity index (χ3v) is 1.83. The van der Waals surface area contributed by atoms with Gasteiger partial charge in [-0.25, -0.2) is 0 Å². The first-order valence-corrected chi connectivity index (χ1v) is 4.29. The van der Waals surface area contributed by atoms with Crippen molar-refractivity contribution >= 4 is 0 Å². The van der Waals surface area contributed by atoms with Crippen LogP contribution in [-0.2, 0) is 0 Å². The molecule has 0 amide bonds. The molecule has 61 valence electrons. The predicted octanol–water partition coefficient (Wildman–Crippen LogP) is 2.33. The van der Waals surface area contributed by atoms with Crippen LogP contribution in [0.1, 0.15) is 32.6 Å². The summed E-state index contributed by atoms with van der Waals surface area (Å²) in [6.45, 7) is 8.42. The summed E-state index contributed by atoms with van der Waals surface area (Å²) in [5, 5.41) is 0. The highest BCUT2D eigenvalue weighted by atomic mass is 15.1. The number of rotatable bonds is 6. The molecule has 0 heterocycles. The van der Waals surface area contributed by atoms with Gasteiger partial charge in [0.2, 0.25) is 0 Å². The van der Waals surface area contributed by atoms with E-state index in [1.807, 2.05) is 0 Å². The molecule has 10 heavy (non-hydrogen) atoms. The molecule has 0 aliphatic carbocycles. The highest BCUT2D eigenvalue weighted by Gasteiger charge is 1.92. The maximum absolute atomic E-state index is 3.81. The van der Waals surface area contributed by atoms with E-state index in [0.717, 1.165) is 6.42 Å². The van der Waals surface area contributed by atoms with Gasteiger partial charge in [-0.3, -0.25) is 0 Å². The van der Waals surface area contributed by atoms with Gasteiger partial charge in [0.1, 0.15) is 0 Å². The minimum Gasteiger partial charge on any atom is -0.307 e. The SMILES string of the molecule is [CH2]CCCCCN(C)CC. The van der Waals surface area contributed by atoms with Gasteiger partial charge >= 0.3 is 0 Å². The molecule has 1 nitrogen and oxygen atoms in total. The third-order valence-electron chi connectivity index (χ3n) is 1.83. The van der Waals surface area contributed by atoms with Crippen LogP contribution in [0.5, 0.6) is 0 Å². The molecule has 0 saturated carbocycles. The number of nitrogens with zero attached hydrogens (tertiary/aromatic N) is 1. The predicted molar refractivity (Wildman–Crippen MR) is 47.0 cm³/mol. The van der Waals surface area contributed by atoms with Crippen molar-refractivity contribution in [3.63, 3.8) is 0 Å². The lowest BCUT2D eigenvalue weighted by molar-refractivity contribution is 0.342. The Kier molecular flexibility index (Phi) is 7.04. The normalized spacial score (nSPS) is 10.8. The van der Waals surface area contributed by atoms with E-state index < -0.39 is 0 Å². The fraction of sp³-hybridized carbons (Fsp3) is 0.889. The van der Waals surface area contributed by atoms with E-state index in [1.54, 1.807) is 0 Å². The van der Waals surface area contributed by atoms with Crippen molar-refractivity contribution < 1.29 is 0 Å². The lowest BCUT2D eigenvalue weighted by Gasteiger charge is -2.12. The zero-order valence-electron chi connectivity index (χ0n) is 7.40. The van der Waals surface area contributed by atoms with E-state index in [9.17, 15) is 0 Å². The fourth-order valence-corrected chi connectivity index (χ4v) is 0.893. The molecule has 0 unspecified atom stereocenters. The standard InChI is InChI=1S/C9H20N/c1-4-6-7-8-9-10(3)5-2/h1,4-9H2,2-3H3. The van der Waals surface area contributed by atoms with Crippen molar-refractivity contribution in [2.24, 2.45) is 0 Å². The molecule has 0 rings (SSSR count). The van der Waals surface area contributed by atoms with Crippen LogP contribution < -0.4 is 0 Å². The first kappa shape index (κ1) is 9.96. The molecule has 0 aliphatic heterocycles. The lowest BCUT2D eigenvalue weighted by Crippen LogP contribution is -2.18. The molecule has 0 aromatic rings. The molecule has 0 atom stereocenters. The van der Waals surface area contributed by atoms with E-state index in [1.165, 1.54) is 32.4 Å². The van der Waals surface area contributed by atoms with Crippen LogP contribution in [0.2, 0.25) is 0 Å². The van der Waals surface area contributed by atoms with Crippen molar-refractivity contribution in [3.05, 3.63) is 6.92 Å². The number of hydrogen-bond acceptors (Lipinski definition) is 1. The van der Waals surface area contributed by atoms with Gasteiger partial charge in [-0.05, 0) is 26.6 Å². The Morgan fingerprint density at radius 1 is 1.20 bits per heavy atom. The molecule has 1 radical (unpaired) electrons. The van der Waals surface area contributed by atoms with Crippen LogP contribution in [-0.4, -0.2) is 25.0 Å². The van der Waals surface area contributed by atoms with Crippen molar-refractivity contribution in [3.8, 4) is 0 Å². The van der Waals surface area contributed by atoms with E-state index in [0.29, 0.717) is 0 Å².